The van der Waals surface area contributed by atoms with Crippen LogP contribution in [0.4, 0.5) is 0 Å². The van der Waals surface area contributed by atoms with Crippen LogP contribution in [0.5, 0.6) is 0 Å². The third-order valence-corrected chi connectivity index (χ3v) is 7.67. The molecular formula is C24H17LiN2O4S2. The summed E-state index contributed by atoms with van der Waals surface area (Å²) in [6.45, 7) is 0.0487. The van der Waals surface area contributed by atoms with Crippen LogP contribution in [-0.2, 0) is 16.6 Å². The number of carbonyl (C=O) groups excluding carboxylic acids is 1. The molecule has 0 saturated carbocycles. The van der Waals surface area contributed by atoms with Crippen LogP contribution in [0.2, 0.25) is 0 Å². The number of aromatic nitrogens is 1. The topological polar surface area (TPSA) is 82.4 Å². The molecule has 0 fully saturated rings. The average molecular weight is 468 g/mol. The summed E-state index contributed by atoms with van der Waals surface area (Å²) in [5, 5.41) is 13.4. The van der Waals surface area contributed by atoms with Gasteiger partial charge in [0.25, 0.3) is 10.0 Å². The van der Waals surface area contributed by atoms with Gasteiger partial charge >= 0.3 is 18.9 Å². The first-order valence-corrected chi connectivity index (χ1v) is 11.9. The van der Waals surface area contributed by atoms with Crippen molar-refractivity contribution in [3.8, 4) is 17.7 Å². The van der Waals surface area contributed by atoms with E-state index in [4.69, 9.17) is 0 Å². The summed E-state index contributed by atoms with van der Waals surface area (Å²) in [4.78, 5) is 11.7. The minimum Gasteiger partial charge on any atom is -0.545 e. The van der Waals surface area contributed by atoms with Gasteiger partial charge in [-0.05, 0) is 41.1 Å². The van der Waals surface area contributed by atoms with Crippen LogP contribution in [0.3, 0.4) is 0 Å². The number of aromatic carboxylic acids is 1. The van der Waals surface area contributed by atoms with Gasteiger partial charge in [0, 0.05) is 24.0 Å². The van der Waals surface area contributed by atoms with E-state index in [1.807, 2.05) is 30.3 Å². The monoisotopic (exact) mass is 468 g/mol. The van der Waals surface area contributed by atoms with Crippen molar-refractivity contribution in [1.82, 2.24) is 8.87 Å². The van der Waals surface area contributed by atoms with Gasteiger partial charge in [-0.2, -0.15) is 8.42 Å². The summed E-state index contributed by atoms with van der Waals surface area (Å²) in [6, 6.07) is 23.2. The number of para-hydroxylation sites is 1. The fraction of sp³-hybridized carbons (Fsp3) is 0.0417. The van der Waals surface area contributed by atoms with E-state index in [2.05, 4.69) is 12.0 Å². The van der Waals surface area contributed by atoms with E-state index in [-0.39, 0.29) is 35.2 Å². The molecule has 0 aliphatic carbocycles. The van der Waals surface area contributed by atoms with Crippen LogP contribution in [0, 0.1) is 12.0 Å². The van der Waals surface area contributed by atoms with E-state index in [1.165, 1.54) is 12.1 Å². The Bertz CT molecular complexity index is 1390. The quantitative estimate of drug-likeness (QED) is 0.229. The van der Waals surface area contributed by atoms with E-state index >= 15 is 0 Å². The minimum atomic E-state index is -3.88. The Kier molecular flexibility index (Phi) is 7.86. The van der Waals surface area contributed by atoms with Gasteiger partial charge in [-0.15, -0.1) is 11.3 Å². The van der Waals surface area contributed by atoms with Crippen LogP contribution >= 0.6 is 11.3 Å². The third-order valence-electron chi connectivity index (χ3n) is 4.64. The van der Waals surface area contributed by atoms with Crippen LogP contribution in [0.15, 0.2) is 94.8 Å². The molecule has 0 N–H and O–H groups in total. The van der Waals surface area contributed by atoms with E-state index in [9.17, 15) is 18.3 Å². The predicted molar refractivity (Wildman–Crippen MR) is 120 cm³/mol. The van der Waals surface area contributed by atoms with E-state index in [0.29, 0.717) is 11.3 Å². The average Bonchev–Trinajstić information content (AvgIpc) is 3.51. The fourth-order valence-electron chi connectivity index (χ4n) is 3.15. The first-order valence-electron chi connectivity index (χ1n) is 9.56. The first-order chi connectivity index (χ1) is 15.5. The number of sulfonamides is 1. The second-order valence-electron chi connectivity index (χ2n) is 6.75. The van der Waals surface area contributed by atoms with Crippen molar-refractivity contribution in [2.75, 3.05) is 0 Å². The molecule has 0 spiro atoms. The molecule has 2 heterocycles. The van der Waals surface area contributed by atoms with Crippen molar-refractivity contribution >= 4 is 27.3 Å². The number of hydrogen-bond acceptors (Lipinski definition) is 5. The summed E-state index contributed by atoms with van der Waals surface area (Å²) >= 11 is 1.11. The molecule has 33 heavy (non-hydrogen) atoms. The van der Waals surface area contributed by atoms with E-state index < -0.39 is 16.0 Å². The van der Waals surface area contributed by atoms with Gasteiger partial charge in [0.2, 0.25) is 0 Å². The summed E-state index contributed by atoms with van der Waals surface area (Å²) in [5.41, 5.74) is 1.42. The van der Waals surface area contributed by atoms with Crippen LogP contribution in [0.1, 0.15) is 21.5 Å². The molecule has 0 bridgehead atoms. The summed E-state index contributed by atoms with van der Waals surface area (Å²) < 4.78 is 29.3. The second kappa shape index (κ2) is 10.6. The Morgan fingerprint density at radius 3 is 2.33 bits per heavy atom. The van der Waals surface area contributed by atoms with Gasteiger partial charge < -0.3 is 14.5 Å². The van der Waals surface area contributed by atoms with Gasteiger partial charge in [0.1, 0.15) is 4.21 Å². The zero-order valence-electron chi connectivity index (χ0n) is 17.7. The Morgan fingerprint density at radius 2 is 1.70 bits per heavy atom. The van der Waals surface area contributed by atoms with Gasteiger partial charge in [-0.25, -0.2) is 4.31 Å². The zero-order chi connectivity index (χ0) is 22.6. The van der Waals surface area contributed by atoms with E-state index in [1.54, 1.807) is 52.7 Å². The van der Waals surface area contributed by atoms with Gasteiger partial charge in [0.15, 0.2) is 0 Å². The van der Waals surface area contributed by atoms with Crippen LogP contribution in [-0.4, -0.2) is 23.3 Å². The summed E-state index contributed by atoms with van der Waals surface area (Å²) in [5.74, 6) is 1.53. The SMILES string of the molecule is O=C([O-])c1cccc(C#CN(Cc2ccccc2)S(=O)(=O)c2cccs2)c1-n1cccc1.[Li+]. The van der Waals surface area contributed by atoms with Gasteiger partial charge in [-0.3, -0.25) is 0 Å². The normalized spacial score (nSPS) is 10.5. The third kappa shape index (κ3) is 5.41. The molecule has 2 aromatic heterocycles. The van der Waals surface area contributed by atoms with Crippen LogP contribution < -0.4 is 24.0 Å². The van der Waals surface area contributed by atoms with Crippen LogP contribution in [0.25, 0.3) is 5.69 Å². The Labute approximate surface area is 208 Å². The Hall–Kier alpha value is -3.20. The van der Waals surface area contributed by atoms with Crippen molar-refractivity contribution in [2.45, 2.75) is 10.8 Å². The molecule has 9 heteroatoms. The fourth-order valence-corrected chi connectivity index (χ4v) is 5.47. The number of hydrogen-bond donors (Lipinski definition) is 0. The molecule has 4 aromatic rings. The first kappa shape index (κ1) is 24.4. The van der Waals surface area contributed by atoms with Crippen molar-refractivity contribution in [2.24, 2.45) is 0 Å². The maximum Gasteiger partial charge on any atom is 1.00 e. The maximum atomic E-state index is 13.2. The van der Waals surface area contributed by atoms with Crippen molar-refractivity contribution in [3.63, 3.8) is 0 Å². The molecule has 0 saturated heterocycles. The second-order valence-corrected chi connectivity index (χ2v) is 9.78. The van der Waals surface area contributed by atoms with Gasteiger partial charge in [0.05, 0.1) is 23.8 Å². The predicted octanol–water partition coefficient (Wildman–Crippen LogP) is 0.106. The molecule has 4 rings (SSSR count). The Morgan fingerprint density at radius 1 is 0.970 bits per heavy atom. The molecular weight excluding hydrogens is 451 g/mol. The van der Waals surface area contributed by atoms with Crippen molar-refractivity contribution < 1.29 is 37.2 Å². The molecule has 2 aromatic carbocycles. The number of rotatable bonds is 6. The number of carbonyl (C=O) groups is 1. The number of thiophene rings is 1. The molecule has 0 radical (unpaired) electrons. The molecule has 160 valence electrons. The molecule has 0 unspecified atom stereocenters. The Balaban J connectivity index is 0.00000306. The number of carboxylic acids is 1. The van der Waals surface area contributed by atoms with Gasteiger partial charge in [-0.1, -0.05) is 48.5 Å². The van der Waals surface area contributed by atoms with Crippen molar-refractivity contribution in [1.29, 1.82) is 0 Å². The molecule has 0 aliphatic heterocycles. The largest absolute Gasteiger partial charge is 1.00 e. The molecule has 0 amide bonds. The number of benzene rings is 2. The number of carboxylic acid groups (broad SMARTS) is 1. The molecule has 0 atom stereocenters. The molecule has 6 nitrogen and oxygen atoms in total. The minimum absolute atomic E-state index is 0. The number of nitrogens with zero attached hydrogens (tertiary/aromatic N) is 2. The summed E-state index contributed by atoms with van der Waals surface area (Å²) in [7, 11) is -3.88. The smallest absolute Gasteiger partial charge is 0.545 e. The maximum absolute atomic E-state index is 13.2. The zero-order valence-corrected chi connectivity index (χ0v) is 19.3. The van der Waals surface area contributed by atoms with Crippen molar-refractivity contribution in [3.05, 3.63) is 107 Å². The standard InChI is InChI=1S/C24H18N2O4S2.Li/c27-24(28)21-11-6-10-20(23(21)25-14-4-5-15-25)13-16-26(18-19-8-2-1-3-9-19)32(29,30)22-12-7-17-31-22;/h1-12,14-15,17H,18H2,(H,27,28);/q;+1/p-1. The summed E-state index contributed by atoms with van der Waals surface area (Å²) in [6.07, 6.45) is 3.38. The molecule has 0 aliphatic rings. The van der Waals surface area contributed by atoms with E-state index in [0.717, 1.165) is 21.2 Å².